The number of hydrogen-bond donors (Lipinski definition) is 2. The molecule has 8 nitrogen and oxygen atoms in total. The van der Waals surface area contributed by atoms with E-state index < -0.39 is 0 Å². The third kappa shape index (κ3) is 5.18. The van der Waals surface area contributed by atoms with Crippen LogP contribution in [0.15, 0.2) is 72.8 Å². The number of benzene rings is 3. The number of fused-ring (bicyclic) bond motifs is 1. The van der Waals surface area contributed by atoms with Gasteiger partial charge in [-0.05, 0) is 78.5 Å². The highest BCUT2D eigenvalue weighted by Crippen LogP contribution is 2.39. The number of rotatable bonds is 5. The molecule has 188 valence electrons. The van der Waals surface area contributed by atoms with E-state index in [1.165, 1.54) is 31.2 Å². The average Bonchev–Trinajstić information content (AvgIpc) is 3.46. The lowest BCUT2D eigenvalue weighted by molar-refractivity contribution is 0.250. The van der Waals surface area contributed by atoms with E-state index in [2.05, 4.69) is 56.3 Å². The van der Waals surface area contributed by atoms with Crippen molar-refractivity contribution in [2.24, 2.45) is 5.92 Å². The molecule has 0 atom stereocenters. The van der Waals surface area contributed by atoms with Crippen LogP contribution in [0, 0.1) is 5.92 Å². The maximum absolute atomic E-state index is 12.9. The fourth-order valence-electron chi connectivity index (χ4n) is 5.50. The Hall–Kier alpha value is -4.20. The molecule has 0 radical (unpaired) electrons. The summed E-state index contributed by atoms with van der Waals surface area (Å²) in [6.45, 7) is 0.976. The Bertz CT molecular complexity index is 1330. The third-order valence-corrected chi connectivity index (χ3v) is 7.52. The molecular weight excluding hydrogens is 464 g/mol. The summed E-state index contributed by atoms with van der Waals surface area (Å²) in [7, 11) is 0. The molecule has 0 spiro atoms. The van der Waals surface area contributed by atoms with Gasteiger partial charge in [-0.25, -0.2) is 4.79 Å². The zero-order chi connectivity index (χ0) is 25.0. The summed E-state index contributed by atoms with van der Waals surface area (Å²) in [6.07, 6.45) is 5.67. The minimum absolute atomic E-state index is 0.153. The Kier molecular flexibility index (Phi) is 6.54. The SMILES string of the molecule is O=C(Nc1ccccc1)N1CCOc2cc(-c3ccc(C4CCC(Cc5nn[nH]n5)CC4)cc3)ccc21. The molecule has 1 fully saturated rings. The van der Waals surface area contributed by atoms with Gasteiger partial charge in [0, 0.05) is 12.1 Å². The van der Waals surface area contributed by atoms with Gasteiger partial charge in [0.15, 0.2) is 5.82 Å². The molecule has 0 saturated heterocycles. The Balaban J connectivity index is 1.11. The first-order valence-electron chi connectivity index (χ1n) is 13.0. The maximum atomic E-state index is 12.9. The second kappa shape index (κ2) is 10.4. The van der Waals surface area contributed by atoms with Crippen molar-refractivity contribution < 1.29 is 9.53 Å². The molecule has 1 aliphatic heterocycles. The number of aromatic amines is 1. The number of hydrogen-bond acceptors (Lipinski definition) is 5. The van der Waals surface area contributed by atoms with Crippen molar-refractivity contribution in [3.05, 3.63) is 84.2 Å². The highest BCUT2D eigenvalue weighted by molar-refractivity contribution is 6.03. The number of nitrogens with one attached hydrogen (secondary N) is 2. The molecule has 6 rings (SSSR count). The predicted octanol–water partition coefficient (Wildman–Crippen LogP) is 5.81. The minimum Gasteiger partial charge on any atom is -0.490 e. The Labute approximate surface area is 216 Å². The highest BCUT2D eigenvalue weighted by atomic mass is 16.5. The Morgan fingerprint density at radius 3 is 2.51 bits per heavy atom. The quantitative estimate of drug-likeness (QED) is 0.365. The molecule has 2 amide bonds. The number of para-hydroxylation sites is 1. The van der Waals surface area contributed by atoms with Crippen molar-refractivity contribution >= 4 is 17.4 Å². The Morgan fingerprint density at radius 2 is 1.76 bits per heavy atom. The van der Waals surface area contributed by atoms with Crippen LogP contribution in [0.5, 0.6) is 5.75 Å². The van der Waals surface area contributed by atoms with Crippen LogP contribution >= 0.6 is 0 Å². The van der Waals surface area contributed by atoms with Crippen LogP contribution in [0.2, 0.25) is 0 Å². The van der Waals surface area contributed by atoms with Crippen LogP contribution in [0.1, 0.15) is 43.0 Å². The predicted molar refractivity (Wildman–Crippen MR) is 143 cm³/mol. The molecule has 1 saturated carbocycles. The molecule has 1 aromatic heterocycles. The summed E-state index contributed by atoms with van der Waals surface area (Å²) >= 11 is 0. The first-order chi connectivity index (χ1) is 18.2. The number of aromatic nitrogens is 4. The zero-order valence-corrected chi connectivity index (χ0v) is 20.6. The van der Waals surface area contributed by atoms with Crippen LogP contribution in [0.25, 0.3) is 11.1 Å². The fourth-order valence-corrected chi connectivity index (χ4v) is 5.50. The maximum Gasteiger partial charge on any atom is 0.326 e. The van der Waals surface area contributed by atoms with Gasteiger partial charge in [-0.3, -0.25) is 4.90 Å². The number of nitrogens with zero attached hydrogens (tertiary/aromatic N) is 4. The lowest BCUT2D eigenvalue weighted by Gasteiger charge is -2.30. The number of carbonyl (C=O) groups is 1. The largest absolute Gasteiger partial charge is 0.490 e. The number of H-pyrrole nitrogens is 1. The lowest BCUT2D eigenvalue weighted by Crippen LogP contribution is -2.40. The summed E-state index contributed by atoms with van der Waals surface area (Å²) in [4.78, 5) is 14.7. The second-order valence-corrected chi connectivity index (χ2v) is 9.85. The summed E-state index contributed by atoms with van der Waals surface area (Å²) in [5, 5.41) is 17.4. The summed E-state index contributed by atoms with van der Waals surface area (Å²) in [5.74, 6) is 2.79. The number of amides is 2. The number of carbonyl (C=O) groups excluding carboxylic acids is 1. The van der Waals surface area contributed by atoms with E-state index in [-0.39, 0.29) is 6.03 Å². The van der Waals surface area contributed by atoms with Crippen LogP contribution in [-0.4, -0.2) is 39.8 Å². The molecule has 0 unspecified atom stereocenters. The third-order valence-electron chi connectivity index (χ3n) is 7.52. The van der Waals surface area contributed by atoms with Gasteiger partial charge < -0.3 is 10.1 Å². The fraction of sp³-hybridized carbons (Fsp3) is 0.310. The molecule has 2 aliphatic rings. The normalized spacial score (nSPS) is 19.1. The molecule has 2 heterocycles. The van der Waals surface area contributed by atoms with E-state index in [0.29, 0.717) is 25.0 Å². The minimum atomic E-state index is -0.153. The second-order valence-electron chi connectivity index (χ2n) is 9.85. The standard InChI is InChI=1S/C29H30N6O2/c36-29(30-25-4-2-1-3-5-25)35-16-17-37-27-19-24(14-15-26(27)35)23-12-10-22(11-13-23)21-8-6-20(7-9-21)18-28-31-33-34-32-28/h1-5,10-15,19-21H,6-9,16-18H2,(H,30,36)(H,31,32,33,34). The molecule has 8 heteroatoms. The molecule has 1 aliphatic carbocycles. The molecule has 2 N–H and O–H groups in total. The van der Waals surface area contributed by atoms with Crippen molar-refractivity contribution in [2.75, 3.05) is 23.4 Å². The van der Waals surface area contributed by atoms with E-state index >= 15 is 0 Å². The molecule has 37 heavy (non-hydrogen) atoms. The first-order valence-corrected chi connectivity index (χ1v) is 13.0. The summed E-state index contributed by atoms with van der Waals surface area (Å²) in [6, 6.07) is 24.4. The van der Waals surface area contributed by atoms with Gasteiger partial charge in [0.05, 0.1) is 12.2 Å². The topological polar surface area (TPSA) is 96.0 Å². The zero-order valence-electron chi connectivity index (χ0n) is 20.6. The van der Waals surface area contributed by atoms with E-state index in [1.807, 2.05) is 42.5 Å². The van der Waals surface area contributed by atoms with Gasteiger partial charge in [-0.1, -0.05) is 53.7 Å². The van der Waals surface area contributed by atoms with E-state index in [1.54, 1.807) is 4.90 Å². The molecule has 3 aromatic carbocycles. The van der Waals surface area contributed by atoms with Crippen LogP contribution in [0.3, 0.4) is 0 Å². The smallest absolute Gasteiger partial charge is 0.326 e. The van der Waals surface area contributed by atoms with Gasteiger partial charge in [-0.2, -0.15) is 5.21 Å². The van der Waals surface area contributed by atoms with Gasteiger partial charge in [0.2, 0.25) is 0 Å². The van der Waals surface area contributed by atoms with E-state index in [0.717, 1.165) is 40.5 Å². The van der Waals surface area contributed by atoms with E-state index in [4.69, 9.17) is 4.74 Å². The van der Waals surface area contributed by atoms with Crippen molar-refractivity contribution in [1.29, 1.82) is 0 Å². The van der Waals surface area contributed by atoms with Crippen molar-refractivity contribution in [2.45, 2.75) is 38.0 Å². The molecule has 0 bridgehead atoms. The lowest BCUT2D eigenvalue weighted by atomic mass is 9.77. The summed E-state index contributed by atoms with van der Waals surface area (Å²) < 4.78 is 5.95. The van der Waals surface area contributed by atoms with Crippen molar-refractivity contribution in [1.82, 2.24) is 20.6 Å². The number of urea groups is 1. The Morgan fingerprint density at radius 1 is 0.973 bits per heavy atom. The first kappa shape index (κ1) is 23.2. The van der Waals surface area contributed by atoms with Gasteiger partial charge in [0.1, 0.15) is 12.4 Å². The number of anilines is 2. The number of tetrazole rings is 1. The average molecular weight is 495 g/mol. The highest BCUT2D eigenvalue weighted by Gasteiger charge is 2.25. The van der Waals surface area contributed by atoms with Crippen LogP contribution in [-0.2, 0) is 6.42 Å². The monoisotopic (exact) mass is 494 g/mol. The number of ether oxygens (including phenoxy) is 1. The summed E-state index contributed by atoms with van der Waals surface area (Å²) in [5.41, 5.74) is 5.20. The van der Waals surface area contributed by atoms with Gasteiger partial charge in [-0.15, -0.1) is 10.2 Å². The molecular formula is C29H30N6O2. The van der Waals surface area contributed by atoms with Crippen molar-refractivity contribution in [3.8, 4) is 16.9 Å². The molecule has 4 aromatic rings. The van der Waals surface area contributed by atoms with Crippen LogP contribution in [0.4, 0.5) is 16.2 Å². The van der Waals surface area contributed by atoms with Gasteiger partial charge >= 0.3 is 6.03 Å². The van der Waals surface area contributed by atoms with Crippen molar-refractivity contribution in [3.63, 3.8) is 0 Å². The van der Waals surface area contributed by atoms with E-state index in [9.17, 15) is 4.79 Å². The van der Waals surface area contributed by atoms with Gasteiger partial charge in [0.25, 0.3) is 0 Å². The van der Waals surface area contributed by atoms with Crippen LogP contribution < -0.4 is 15.0 Å².